The Labute approximate surface area is 131 Å². The quantitative estimate of drug-likeness (QED) is 0.920. The van der Waals surface area contributed by atoms with Gasteiger partial charge in [-0.25, -0.2) is 8.42 Å². The van der Waals surface area contributed by atoms with Gasteiger partial charge < -0.3 is 5.32 Å². The zero-order valence-corrected chi connectivity index (χ0v) is 14.5. The molecule has 0 aromatic heterocycles. The molecule has 1 aromatic rings. The van der Waals surface area contributed by atoms with E-state index in [1.807, 2.05) is 20.8 Å². The number of hydrogen-bond acceptors (Lipinski definition) is 3. The summed E-state index contributed by atoms with van der Waals surface area (Å²) in [5.74, 6) is -0.359. The summed E-state index contributed by atoms with van der Waals surface area (Å²) < 4.78 is 25.0. The van der Waals surface area contributed by atoms with Crippen LogP contribution >= 0.6 is 11.6 Å². The van der Waals surface area contributed by atoms with E-state index < -0.39 is 15.6 Å². The Morgan fingerprint density at radius 2 is 1.90 bits per heavy atom. The first kappa shape index (κ1) is 17.8. The Kier molecular flexibility index (Phi) is 5.28. The van der Waals surface area contributed by atoms with Crippen molar-refractivity contribution < 1.29 is 13.2 Å². The van der Waals surface area contributed by atoms with Crippen molar-refractivity contribution in [1.29, 1.82) is 0 Å². The minimum atomic E-state index is -3.57. The van der Waals surface area contributed by atoms with E-state index in [9.17, 15) is 13.2 Å². The van der Waals surface area contributed by atoms with Gasteiger partial charge in [-0.05, 0) is 51.5 Å². The zero-order valence-electron chi connectivity index (χ0n) is 12.9. The Hall–Kier alpha value is -1.27. The third-order valence-electron chi connectivity index (χ3n) is 2.63. The summed E-state index contributed by atoms with van der Waals surface area (Å²) in [4.78, 5) is 12.0. The van der Waals surface area contributed by atoms with Crippen LogP contribution in [0.5, 0.6) is 0 Å². The molecule has 0 atom stereocenters. The Morgan fingerprint density at radius 3 is 2.33 bits per heavy atom. The molecule has 1 rings (SSSR count). The van der Waals surface area contributed by atoms with Gasteiger partial charge in [0.1, 0.15) is 6.54 Å². The Morgan fingerprint density at radius 1 is 1.33 bits per heavy atom. The molecule has 0 radical (unpaired) electrons. The van der Waals surface area contributed by atoms with Crippen LogP contribution in [0.3, 0.4) is 0 Å². The van der Waals surface area contributed by atoms with Crippen molar-refractivity contribution in [1.82, 2.24) is 5.32 Å². The SMILES string of the molecule is Cc1cc(Cl)ccc1N(CC(=O)NC(C)(C)C)S(C)(=O)=O. The molecular formula is C14H21ClN2O3S. The summed E-state index contributed by atoms with van der Waals surface area (Å²) in [5, 5.41) is 3.27. The fourth-order valence-electron chi connectivity index (χ4n) is 1.87. The summed E-state index contributed by atoms with van der Waals surface area (Å²) in [6.45, 7) is 7.00. The second-order valence-electron chi connectivity index (χ2n) is 6.00. The monoisotopic (exact) mass is 332 g/mol. The van der Waals surface area contributed by atoms with Crippen molar-refractivity contribution in [2.45, 2.75) is 33.2 Å². The van der Waals surface area contributed by atoms with E-state index in [1.54, 1.807) is 25.1 Å². The maximum atomic E-state index is 12.0. The molecule has 1 aromatic carbocycles. The van der Waals surface area contributed by atoms with Crippen LogP contribution in [-0.4, -0.2) is 32.7 Å². The van der Waals surface area contributed by atoms with Crippen LogP contribution in [0.4, 0.5) is 5.69 Å². The molecule has 0 spiro atoms. The molecule has 5 nitrogen and oxygen atoms in total. The van der Waals surface area contributed by atoms with Gasteiger partial charge >= 0.3 is 0 Å². The van der Waals surface area contributed by atoms with Gasteiger partial charge in [0.15, 0.2) is 0 Å². The number of sulfonamides is 1. The van der Waals surface area contributed by atoms with Crippen molar-refractivity contribution in [3.63, 3.8) is 0 Å². The standard InChI is InChI=1S/C14H21ClN2O3S/c1-10-8-11(15)6-7-12(10)17(21(5,19)20)9-13(18)16-14(2,3)4/h6-8H,9H2,1-5H3,(H,16,18). The third kappa shape index (κ3) is 5.55. The number of nitrogens with zero attached hydrogens (tertiary/aromatic N) is 1. The molecule has 0 saturated heterocycles. The molecule has 0 aliphatic rings. The lowest BCUT2D eigenvalue weighted by molar-refractivity contribution is -0.121. The number of rotatable bonds is 4. The van der Waals surface area contributed by atoms with E-state index in [2.05, 4.69) is 5.32 Å². The van der Waals surface area contributed by atoms with Crippen molar-refractivity contribution >= 4 is 33.2 Å². The van der Waals surface area contributed by atoms with Gasteiger partial charge in [0, 0.05) is 10.6 Å². The van der Waals surface area contributed by atoms with Crippen LogP contribution in [0.2, 0.25) is 5.02 Å². The maximum absolute atomic E-state index is 12.0. The number of carbonyl (C=O) groups excluding carboxylic acids is 1. The highest BCUT2D eigenvalue weighted by atomic mass is 35.5. The molecule has 0 bridgehead atoms. The van der Waals surface area contributed by atoms with Crippen LogP contribution in [0.25, 0.3) is 0 Å². The van der Waals surface area contributed by atoms with Gasteiger partial charge in [0.05, 0.1) is 11.9 Å². The highest BCUT2D eigenvalue weighted by Gasteiger charge is 2.24. The molecule has 0 fully saturated rings. The summed E-state index contributed by atoms with van der Waals surface area (Å²) in [7, 11) is -3.57. The van der Waals surface area contributed by atoms with Gasteiger partial charge in [-0.2, -0.15) is 0 Å². The molecule has 0 aliphatic carbocycles. The lowest BCUT2D eigenvalue weighted by Gasteiger charge is -2.26. The number of amides is 1. The van der Waals surface area contributed by atoms with Crippen LogP contribution < -0.4 is 9.62 Å². The number of carbonyl (C=O) groups is 1. The first-order valence-corrected chi connectivity index (χ1v) is 8.67. The van der Waals surface area contributed by atoms with Crippen molar-refractivity contribution in [3.05, 3.63) is 28.8 Å². The molecule has 1 N–H and O–H groups in total. The van der Waals surface area contributed by atoms with Gasteiger partial charge in [0.25, 0.3) is 0 Å². The lowest BCUT2D eigenvalue weighted by atomic mass is 10.1. The third-order valence-corrected chi connectivity index (χ3v) is 3.99. The second kappa shape index (κ2) is 6.23. The summed E-state index contributed by atoms with van der Waals surface area (Å²) in [6, 6.07) is 4.86. The van der Waals surface area contributed by atoms with Crippen LogP contribution in [-0.2, 0) is 14.8 Å². The highest BCUT2D eigenvalue weighted by molar-refractivity contribution is 7.92. The zero-order chi connectivity index (χ0) is 16.4. The minimum absolute atomic E-state index is 0.265. The van der Waals surface area contributed by atoms with Crippen molar-refractivity contribution in [2.24, 2.45) is 0 Å². The predicted molar refractivity (Wildman–Crippen MR) is 86.3 cm³/mol. The fourth-order valence-corrected chi connectivity index (χ4v) is 3.01. The van der Waals surface area contributed by atoms with Gasteiger partial charge in [-0.15, -0.1) is 0 Å². The predicted octanol–water partition coefficient (Wildman–Crippen LogP) is 2.33. The number of aryl methyl sites for hydroxylation is 1. The average Bonchev–Trinajstić information content (AvgIpc) is 2.22. The molecule has 7 heteroatoms. The molecule has 1 amide bonds. The molecule has 0 heterocycles. The first-order valence-electron chi connectivity index (χ1n) is 6.45. The van der Waals surface area contributed by atoms with Crippen LogP contribution in [0.15, 0.2) is 18.2 Å². The molecule has 0 unspecified atom stereocenters. The van der Waals surface area contributed by atoms with Crippen molar-refractivity contribution in [3.8, 4) is 0 Å². The van der Waals surface area contributed by atoms with E-state index in [1.165, 1.54) is 0 Å². The van der Waals surface area contributed by atoms with Gasteiger partial charge in [0.2, 0.25) is 15.9 Å². The lowest BCUT2D eigenvalue weighted by Crippen LogP contribution is -2.47. The van der Waals surface area contributed by atoms with E-state index in [-0.39, 0.29) is 12.5 Å². The van der Waals surface area contributed by atoms with E-state index in [0.717, 1.165) is 10.6 Å². The Bertz CT molecular complexity index is 636. The highest BCUT2D eigenvalue weighted by Crippen LogP contribution is 2.25. The molecular weight excluding hydrogens is 312 g/mol. The average molecular weight is 333 g/mol. The van der Waals surface area contributed by atoms with Crippen molar-refractivity contribution in [2.75, 3.05) is 17.1 Å². The fraction of sp³-hybridized carbons (Fsp3) is 0.500. The largest absolute Gasteiger partial charge is 0.350 e. The Balaban J connectivity index is 3.11. The summed E-state index contributed by atoms with van der Waals surface area (Å²) in [5.41, 5.74) is 0.720. The normalized spacial score (nSPS) is 12.1. The molecule has 118 valence electrons. The number of anilines is 1. The topological polar surface area (TPSA) is 66.5 Å². The van der Waals surface area contributed by atoms with Gasteiger partial charge in [-0.1, -0.05) is 11.6 Å². The number of halogens is 1. The summed E-state index contributed by atoms with van der Waals surface area (Å²) >= 11 is 5.88. The number of hydrogen-bond donors (Lipinski definition) is 1. The minimum Gasteiger partial charge on any atom is -0.350 e. The summed E-state index contributed by atoms with van der Waals surface area (Å²) in [6.07, 6.45) is 1.07. The van der Waals surface area contributed by atoms with E-state index in [0.29, 0.717) is 16.3 Å². The van der Waals surface area contributed by atoms with Gasteiger partial charge in [-0.3, -0.25) is 9.10 Å². The molecule has 0 aliphatic heterocycles. The maximum Gasteiger partial charge on any atom is 0.241 e. The molecule has 0 saturated carbocycles. The van der Waals surface area contributed by atoms with E-state index in [4.69, 9.17) is 11.6 Å². The number of benzene rings is 1. The number of nitrogens with one attached hydrogen (secondary N) is 1. The van der Waals surface area contributed by atoms with E-state index >= 15 is 0 Å². The second-order valence-corrected chi connectivity index (χ2v) is 8.34. The van der Waals surface area contributed by atoms with Crippen LogP contribution in [0.1, 0.15) is 26.3 Å². The smallest absolute Gasteiger partial charge is 0.241 e. The molecule has 21 heavy (non-hydrogen) atoms. The van der Waals surface area contributed by atoms with Crippen LogP contribution in [0, 0.1) is 6.92 Å². The first-order chi connectivity index (χ1) is 9.40.